The first kappa shape index (κ1) is 12.4. The molecule has 0 saturated heterocycles. The van der Waals surface area contributed by atoms with Gasteiger partial charge in [-0.1, -0.05) is 37.8 Å². The molecule has 15 heavy (non-hydrogen) atoms. The molecule has 0 saturated carbocycles. The lowest BCUT2D eigenvalue weighted by Gasteiger charge is -2.13. The summed E-state index contributed by atoms with van der Waals surface area (Å²) in [6.45, 7) is 6.22. The first-order valence-electron chi connectivity index (χ1n) is 5.58. The summed E-state index contributed by atoms with van der Waals surface area (Å²) in [6.07, 6.45) is 4.82. The zero-order chi connectivity index (χ0) is 11.4. The predicted molar refractivity (Wildman–Crippen MR) is 65.2 cm³/mol. The summed E-state index contributed by atoms with van der Waals surface area (Å²) in [5.74, 6) is 0.596. The Balaban J connectivity index is 2.65. The molecule has 0 radical (unpaired) electrons. The fourth-order valence-electron chi connectivity index (χ4n) is 1.69. The van der Waals surface area contributed by atoms with Crippen molar-refractivity contribution in [3.05, 3.63) is 10.7 Å². The predicted octanol–water partition coefficient (Wildman–Crippen LogP) is 3.57. The molecule has 0 aliphatic carbocycles. The highest BCUT2D eigenvalue weighted by atomic mass is 35.5. The molecule has 1 atom stereocenters. The van der Waals surface area contributed by atoms with Gasteiger partial charge in [0.25, 0.3) is 0 Å². The molecule has 2 N–H and O–H groups in total. The minimum Gasteiger partial charge on any atom is -0.383 e. The van der Waals surface area contributed by atoms with Crippen LogP contribution in [0.2, 0.25) is 5.02 Å². The lowest BCUT2D eigenvalue weighted by atomic mass is 10.1. The molecule has 1 heterocycles. The van der Waals surface area contributed by atoms with E-state index in [1.807, 2.05) is 11.6 Å². The van der Waals surface area contributed by atoms with Gasteiger partial charge in [-0.25, -0.2) is 4.68 Å². The van der Waals surface area contributed by atoms with E-state index < -0.39 is 0 Å². The molecular formula is C11H20ClN3. The van der Waals surface area contributed by atoms with Crippen LogP contribution in [0.5, 0.6) is 0 Å². The summed E-state index contributed by atoms with van der Waals surface area (Å²) in [5, 5.41) is 4.94. The fraction of sp³-hybridized carbons (Fsp3) is 0.727. The Morgan fingerprint density at radius 1 is 1.47 bits per heavy atom. The average Bonchev–Trinajstić information content (AvgIpc) is 2.46. The van der Waals surface area contributed by atoms with Gasteiger partial charge >= 0.3 is 0 Å². The topological polar surface area (TPSA) is 43.8 Å². The number of rotatable bonds is 5. The first-order valence-corrected chi connectivity index (χ1v) is 5.95. The van der Waals surface area contributed by atoms with Crippen molar-refractivity contribution in [1.82, 2.24) is 9.78 Å². The van der Waals surface area contributed by atoms with Crippen LogP contribution in [0.3, 0.4) is 0 Å². The number of hydrogen-bond acceptors (Lipinski definition) is 2. The highest BCUT2D eigenvalue weighted by molar-refractivity contribution is 6.33. The van der Waals surface area contributed by atoms with Gasteiger partial charge in [0.15, 0.2) is 0 Å². The van der Waals surface area contributed by atoms with E-state index in [0.717, 1.165) is 12.1 Å². The molecule has 0 fully saturated rings. The van der Waals surface area contributed by atoms with Gasteiger partial charge in [0.1, 0.15) is 10.8 Å². The van der Waals surface area contributed by atoms with Crippen LogP contribution in [0.15, 0.2) is 0 Å². The molecule has 4 heteroatoms. The lowest BCUT2D eigenvalue weighted by Crippen LogP contribution is -2.10. The zero-order valence-corrected chi connectivity index (χ0v) is 10.5. The van der Waals surface area contributed by atoms with E-state index in [1.165, 1.54) is 19.3 Å². The molecule has 0 spiro atoms. The molecule has 0 aliphatic rings. The summed E-state index contributed by atoms with van der Waals surface area (Å²) in [5.41, 5.74) is 6.69. The normalized spacial score (nSPS) is 13.1. The van der Waals surface area contributed by atoms with E-state index in [1.54, 1.807) is 0 Å². The van der Waals surface area contributed by atoms with Gasteiger partial charge in [-0.05, 0) is 20.3 Å². The van der Waals surface area contributed by atoms with Crippen LogP contribution in [0.4, 0.5) is 5.82 Å². The number of hydrogen-bond donors (Lipinski definition) is 1. The standard InChI is InChI=1S/C11H20ClN3/c1-4-5-6-7-8(2)15-11(13)10(12)9(3)14-15/h8H,4-7,13H2,1-3H3. The van der Waals surface area contributed by atoms with Crippen LogP contribution in [0, 0.1) is 6.92 Å². The Morgan fingerprint density at radius 2 is 2.13 bits per heavy atom. The second-order valence-corrected chi connectivity index (χ2v) is 4.45. The molecule has 0 bridgehead atoms. The van der Waals surface area contributed by atoms with Crippen molar-refractivity contribution >= 4 is 17.4 Å². The first-order chi connectivity index (χ1) is 7.07. The molecule has 1 unspecified atom stereocenters. The van der Waals surface area contributed by atoms with Crippen LogP contribution in [0.25, 0.3) is 0 Å². The van der Waals surface area contributed by atoms with Crippen LogP contribution in [-0.4, -0.2) is 9.78 Å². The van der Waals surface area contributed by atoms with E-state index in [-0.39, 0.29) is 0 Å². The van der Waals surface area contributed by atoms with Crippen molar-refractivity contribution in [3.63, 3.8) is 0 Å². The van der Waals surface area contributed by atoms with Crippen molar-refractivity contribution in [1.29, 1.82) is 0 Å². The summed E-state index contributed by atoms with van der Waals surface area (Å²) in [4.78, 5) is 0. The minimum absolute atomic E-state index is 0.336. The number of nitrogens with zero attached hydrogens (tertiary/aromatic N) is 2. The second-order valence-electron chi connectivity index (χ2n) is 4.07. The molecule has 0 amide bonds. The maximum atomic E-state index is 6.00. The fourth-order valence-corrected chi connectivity index (χ4v) is 1.82. The smallest absolute Gasteiger partial charge is 0.141 e. The number of nitrogen functional groups attached to an aromatic ring is 1. The van der Waals surface area contributed by atoms with Crippen molar-refractivity contribution < 1.29 is 0 Å². The van der Waals surface area contributed by atoms with Gasteiger partial charge in [0.2, 0.25) is 0 Å². The molecule has 3 nitrogen and oxygen atoms in total. The largest absolute Gasteiger partial charge is 0.383 e. The highest BCUT2D eigenvalue weighted by Gasteiger charge is 2.14. The van der Waals surface area contributed by atoms with Crippen LogP contribution in [-0.2, 0) is 0 Å². The van der Waals surface area contributed by atoms with Crippen molar-refractivity contribution in [2.45, 2.75) is 52.5 Å². The third kappa shape index (κ3) is 2.88. The Bertz CT molecular complexity index is 320. The van der Waals surface area contributed by atoms with E-state index in [0.29, 0.717) is 16.9 Å². The Labute approximate surface area is 96.6 Å². The second kappa shape index (κ2) is 5.40. The van der Waals surface area contributed by atoms with E-state index in [4.69, 9.17) is 17.3 Å². The number of aryl methyl sites for hydroxylation is 1. The number of unbranched alkanes of at least 4 members (excludes halogenated alkanes) is 2. The number of halogens is 1. The molecule has 0 aliphatic heterocycles. The van der Waals surface area contributed by atoms with Gasteiger partial charge in [-0.2, -0.15) is 5.10 Å². The van der Waals surface area contributed by atoms with Crippen molar-refractivity contribution in [2.24, 2.45) is 0 Å². The zero-order valence-electron chi connectivity index (χ0n) is 9.76. The monoisotopic (exact) mass is 229 g/mol. The van der Waals surface area contributed by atoms with Crippen LogP contribution in [0.1, 0.15) is 51.3 Å². The minimum atomic E-state index is 0.336. The summed E-state index contributed by atoms with van der Waals surface area (Å²) in [6, 6.07) is 0.336. The van der Waals surface area contributed by atoms with Crippen molar-refractivity contribution in [3.8, 4) is 0 Å². The van der Waals surface area contributed by atoms with Gasteiger partial charge in [-0.15, -0.1) is 0 Å². The number of aromatic nitrogens is 2. The van der Waals surface area contributed by atoms with Crippen LogP contribution < -0.4 is 5.73 Å². The van der Waals surface area contributed by atoms with Gasteiger partial charge in [-0.3, -0.25) is 0 Å². The van der Waals surface area contributed by atoms with Gasteiger partial charge in [0.05, 0.1) is 11.7 Å². The summed E-state index contributed by atoms with van der Waals surface area (Å²) < 4.78 is 1.84. The highest BCUT2D eigenvalue weighted by Crippen LogP contribution is 2.27. The van der Waals surface area contributed by atoms with E-state index in [9.17, 15) is 0 Å². The average molecular weight is 230 g/mol. The third-order valence-electron chi connectivity index (χ3n) is 2.69. The molecule has 1 rings (SSSR count). The SMILES string of the molecule is CCCCCC(C)n1nc(C)c(Cl)c1N. The lowest BCUT2D eigenvalue weighted by molar-refractivity contribution is 0.442. The quantitative estimate of drug-likeness (QED) is 0.785. The molecule has 1 aromatic rings. The Kier molecular flexibility index (Phi) is 4.45. The number of anilines is 1. The molecule has 0 aromatic carbocycles. The maximum absolute atomic E-state index is 6.00. The molecule has 86 valence electrons. The Morgan fingerprint density at radius 3 is 2.60 bits per heavy atom. The summed E-state index contributed by atoms with van der Waals surface area (Å²) >= 11 is 6.00. The molecule has 1 aromatic heterocycles. The summed E-state index contributed by atoms with van der Waals surface area (Å²) in [7, 11) is 0. The Hall–Kier alpha value is -0.700. The van der Waals surface area contributed by atoms with Crippen LogP contribution >= 0.6 is 11.6 Å². The number of nitrogens with two attached hydrogens (primary N) is 1. The van der Waals surface area contributed by atoms with Crippen molar-refractivity contribution in [2.75, 3.05) is 5.73 Å². The third-order valence-corrected chi connectivity index (χ3v) is 3.16. The maximum Gasteiger partial charge on any atom is 0.141 e. The van der Waals surface area contributed by atoms with E-state index in [2.05, 4.69) is 18.9 Å². The van der Waals surface area contributed by atoms with E-state index >= 15 is 0 Å². The van der Waals surface area contributed by atoms with Gasteiger partial charge < -0.3 is 5.73 Å². The van der Waals surface area contributed by atoms with Gasteiger partial charge in [0, 0.05) is 0 Å². The molecular weight excluding hydrogens is 210 g/mol.